The maximum atomic E-state index is 12.5. The third-order valence-electron chi connectivity index (χ3n) is 4.31. The molecule has 0 radical (unpaired) electrons. The molecule has 2 N–H and O–H groups in total. The third kappa shape index (κ3) is 5.02. The molecule has 1 amide bonds. The van der Waals surface area contributed by atoms with E-state index in [1.807, 2.05) is 31.2 Å². The average Bonchev–Trinajstić information content (AvgIpc) is 2.72. The van der Waals surface area contributed by atoms with E-state index in [4.69, 9.17) is 16.3 Å². The summed E-state index contributed by atoms with van der Waals surface area (Å²) in [4.78, 5) is 16.8. The molecular weight excluding hydrogens is 374 g/mol. The Morgan fingerprint density at radius 3 is 2.61 bits per heavy atom. The number of nitrogens with zero attached hydrogens (tertiary/aromatic N) is 1. The smallest absolute Gasteiger partial charge is 0.274 e. The zero-order valence-corrected chi connectivity index (χ0v) is 16.6. The third-order valence-corrected chi connectivity index (χ3v) is 4.72. The normalized spacial score (nSPS) is 10.4. The summed E-state index contributed by atoms with van der Waals surface area (Å²) < 4.78 is 5.29. The zero-order valence-electron chi connectivity index (χ0n) is 15.8. The minimum Gasteiger partial charge on any atom is -0.495 e. The number of aromatic nitrogens is 1. The number of halogens is 1. The minimum absolute atomic E-state index is 0.309. The van der Waals surface area contributed by atoms with Crippen LogP contribution in [0.25, 0.3) is 0 Å². The van der Waals surface area contributed by atoms with Gasteiger partial charge in [0.2, 0.25) is 0 Å². The largest absolute Gasteiger partial charge is 0.495 e. The van der Waals surface area contributed by atoms with E-state index in [0.717, 1.165) is 24.2 Å². The van der Waals surface area contributed by atoms with E-state index in [9.17, 15) is 4.79 Å². The van der Waals surface area contributed by atoms with Gasteiger partial charge in [-0.3, -0.25) is 4.79 Å². The molecule has 144 valence electrons. The summed E-state index contributed by atoms with van der Waals surface area (Å²) in [5.74, 6) is 0.194. The van der Waals surface area contributed by atoms with Crippen LogP contribution in [0, 0.1) is 6.92 Å². The average molecular weight is 396 g/mol. The van der Waals surface area contributed by atoms with Crippen molar-refractivity contribution in [2.24, 2.45) is 0 Å². The van der Waals surface area contributed by atoms with E-state index >= 15 is 0 Å². The van der Waals surface area contributed by atoms with Crippen molar-refractivity contribution in [3.05, 3.63) is 82.6 Å². The number of aryl methyl sites for hydroxylation is 1. The predicted molar refractivity (Wildman–Crippen MR) is 114 cm³/mol. The summed E-state index contributed by atoms with van der Waals surface area (Å²) in [5, 5.41) is 6.72. The molecule has 0 saturated carbocycles. The molecule has 28 heavy (non-hydrogen) atoms. The summed E-state index contributed by atoms with van der Waals surface area (Å²) >= 11 is 6.10. The summed E-state index contributed by atoms with van der Waals surface area (Å²) in [7, 11) is 1.53. The highest BCUT2D eigenvalue weighted by atomic mass is 35.5. The fourth-order valence-corrected chi connectivity index (χ4v) is 2.90. The summed E-state index contributed by atoms with van der Waals surface area (Å²) in [6, 6.07) is 17.2. The molecule has 1 heterocycles. The van der Waals surface area contributed by atoms with Gasteiger partial charge in [-0.05, 0) is 42.7 Å². The Balaban J connectivity index is 1.60. The van der Waals surface area contributed by atoms with E-state index in [2.05, 4.69) is 27.8 Å². The molecule has 0 aliphatic rings. The predicted octanol–water partition coefficient (Wildman–Crippen LogP) is 4.96. The minimum atomic E-state index is -0.309. The van der Waals surface area contributed by atoms with Gasteiger partial charge in [0.1, 0.15) is 11.4 Å². The number of benzene rings is 2. The molecule has 0 bridgehead atoms. The van der Waals surface area contributed by atoms with Crippen molar-refractivity contribution in [3.8, 4) is 5.75 Å². The molecular formula is C22H22ClN3O2. The maximum Gasteiger partial charge on any atom is 0.274 e. The van der Waals surface area contributed by atoms with E-state index in [0.29, 0.717) is 22.2 Å². The molecule has 5 nitrogen and oxygen atoms in total. The molecule has 0 atom stereocenters. The van der Waals surface area contributed by atoms with E-state index in [1.165, 1.54) is 12.7 Å². The number of hydrogen-bond acceptors (Lipinski definition) is 4. The SMILES string of the molecule is COc1cc(Cl)c(C)cc1NC(=O)c1ccc(NCCc2ccccc2)cn1. The zero-order chi connectivity index (χ0) is 19.9. The van der Waals surface area contributed by atoms with Crippen molar-refractivity contribution < 1.29 is 9.53 Å². The van der Waals surface area contributed by atoms with E-state index < -0.39 is 0 Å². The van der Waals surface area contributed by atoms with Gasteiger partial charge in [-0.25, -0.2) is 4.98 Å². The molecule has 0 spiro atoms. The highest BCUT2D eigenvalue weighted by molar-refractivity contribution is 6.31. The number of pyridine rings is 1. The molecule has 6 heteroatoms. The molecule has 0 aliphatic carbocycles. The Kier molecular flexibility index (Phi) is 6.50. The Morgan fingerprint density at radius 2 is 1.93 bits per heavy atom. The van der Waals surface area contributed by atoms with Crippen molar-refractivity contribution in [2.75, 3.05) is 24.3 Å². The van der Waals surface area contributed by atoms with E-state index in [1.54, 1.807) is 24.4 Å². The Morgan fingerprint density at radius 1 is 1.14 bits per heavy atom. The van der Waals surface area contributed by atoms with Crippen molar-refractivity contribution in [2.45, 2.75) is 13.3 Å². The van der Waals surface area contributed by atoms with Crippen LogP contribution in [0.4, 0.5) is 11.4 Å². The first-order valence-electron chi connectivity index (χ1n) is 8.96. The lowest BCUT2D eigenvalue weighted by molar-refractivity contribution is 0.102. The molecule has 0 saturated heterocycles. The Hall–Kier alpha value is -3.05. The van der Waals surface area contributed by atoms with E-state index in [-0.39, 0.29) is 5.91 Å². The molecule has 3 rings (SSSR count). The lowest BCUT2D eigenvalue weighted by Crippen LogP contribution is -2.15. The Labute approximate surface area is 169 Å². The van der Waals surface area contributed by atoms with Crippen molar-refractivity contribution in [1.82, 2.24) is 4.98 Å². The lowest BCUT2D eigenvalue weighted by Gasteiger charge is -2.12. The van der Waals surface area contributed by atoms with Crippen molar-refractivity contribution in [3.63, 3.8) is 0 Å². The van der Waals surface area contributed by atoms with Gasteiger partial charge in [-0.15, -0.1) is 0 Å². The van der Waals surface area contributed by atoms with Gasteiger partial charge >= 0.3 is 0 Å². The van der Waals surface area contributed by atoms with Gasteiger partial charge in [0.05, 0.1) is 24.7 Å². The fourth-order valence-electron chi connectivity index (χ4n) is 2.74. The number of methoxy groups -OCH3 is 1. The maximum absolute atomic E-state index is 12.5. The van der Waals surface area contributed by atoms with Crippen LogP contribution < -0.4 is 15.4 Å². The van der Waals surface area contributed by atoms with Crippen LogP contribution in [-0.2, 0) is 6.42 Å². The van der Waals surface area contributed by atoms with Crippen LogP contribution in [0.2, 0.25) is 5.02 Å². The molecule has 3 aromatic rings. The van der Waals surface area contributed by atoms with Crippen LogP contribution in [0.3, 0.4) is 0 Å². The lowest BCUT2D eigenvalue weighted by atomic mass is 10.1. The molecule has 1 aromatic heterocycles. The van der Waals surface area contributed by atoms with Crippen LogP contribution >= 0.6 is 11.6 Å². The number of ether oxygens (including phenoxy) is 1. The second kappa shape index (κ2) is 9.24. The number of rotatable bonds is 7. The number of carbonyl (C=O) groups excluding carboxylic acids is 1. The van der Waals surface area contributed by atoms with Crippen molar-refractivity contribution in [1.29, 1.82) is 0 Å². The summed E-state index contributed by atoms with van der Waals surface area (Å²) in [6.07, 6.45) is 2.57. The van der Waals surface area contributed by atoms with Gasteiger partial charge in [-0.1, -0.05) is 41.9 Å². The number of amides is 1. The molecule has 0 aliphatic heterocycles. The van der Waals surface area contributed by atoms with Gasteiger partial charge in [-0.2, -0.15) is 0 Å². The van der Waals surface area contributed by atoms with Gasteiger partial charge < -0.3 is 15.4 Å². The quantitative estimate of drug-likeness (QED) is 0.593. The molecule has 0 fully saturated rings. The van der Waals surface area contributed by atoms with Crippen LogP contribution in [-0.4, -0.2) is 24.5 Å². The highest BCUT2D eigenvalue weighted by Gasteiger charge is 2.13. The summed E-state index contributed by atoms with van der Waals surface area (Å²) in [5.41, 5.74) is 3.87. The number of nitrogens with one attached hydrogen (secondary N) is 2. The second-order valence-electron chi connectivity index (χ2n) is 6.35. The van der Waals surface area contributed by atoms with Crippen molar-refractivity contribution >= 4 is 28.9 Å². The first kappa shape index (κ1) is 19.7. The topological polar surface area (TPSA) is 63.2 Å². The standard InChI is InChI=1S/C22H22ClN3O2/c1-15-12-20(21(28-2)13-18(15)23)26-22(27)19-9-8-17(14-25-19)24-11-10-16-6-4-3-5-7-16/h3-9,12-14,24H,10-11H2,1-2H3,(H,26,27). The molecule has 0 unspecified atom stereocenters. The highest BCUT2D eigenvalue weighted by Crippen LogP contribution is 2.31. The number of hydrogen-bond donors (Lipinski definition) is 2. The Bertz CT molecular complexity index is 944. The van der Waals surface area contributed by atoms with Crippen LogP contribution in [0.15, 0.2) is 60.8 Å². The number of anilines is 2. The first-order chi connectivity index (χ1) is 13.6. The van der Waals surface area contributed by atoms with Gasteiger partial charge in [0.15, 0.2) is 0 Å². The van der Waals surface area contributed by atoms with Gasteiger partial charge in [0.25, 0.3) is 5.91 Å². The van der Waals surface area contributed by atoms with Crippen LogP contribution in [0.1, 0.15) is 21.6 Å². The molecule has 2 aromatic carbocycles. The second-order valence-corrected chi connectivity index (χ2v) is 6.76. The van der Waals surface area contributed by atoms with Gasteiger partial charge in [0, 0.05) is 17.6 Å². The number of carbonyl (C=O) groups is 1. The summed E-state index contributed by atoms with van der Waals surface area (Å²) in [6.45, 7) is 2.66. The van der Waals surface area contributed by atoms with Crippen LogP contribution in [0.5, 0.6) is 5.75 Å². The first-order valence-corrected chi connectivity index (χ1v) is 9.34. The fraction of sp³-hybridized carbons (Fsp3) is 0.182. The monoisotopic (exact) mass is 395 g/mol.